The summed E-state index contributed by atoms with van der Waals surface area (Å²) in [4.78, 5) is 16.4. The minimum atomic E-state index is -0.246. The van der Waals surface area contributed by atoms with Crippen molar-refractivity contribution in [3.8, 4) is 0 Å². The maximum Gasteiger partial charge on any atom is 0.340 e. The number of nitrogens with one attached hydrogen (secondary N) is 2. The molecule has 1 saturated heterocycles. The Morgan fingerprint density at radius 3 is 3.05 bits per heavy atom. The number of aromatic amines is 2. The second kappa shape index (κ2) is 5.46. The number of H-pyrrole nitrogens is 2. The number of hydrogen-bond acceptors (Lipinski definition) is 4. The summed E-state index contributed by atoms with van der Waals surface area (Å²) in [6.07, 6.45) is 3.31. The van der Waals surface area contributed by atoms with E-state index in [1.54, 1.807) is 0 Å². The zero-order chi connectivity index (χ0) is 14.9. The highest BCUT2D eigenvalue weighted by molar-refractivity contribution is 5.77. The first kappa shape index (κ1) is 13.3. The van der Waals surface area contributed by atoms with E-state index in [0.29, 0.717) is 0 Å². The molecule has 0 bridgehead atoms. The van der Waals surface area contributed by atoms with Crippen LogP contribution < -0.4 is 5.69 Å². The standard InChI is InChI=1S/C16H18N4O2/c21-16-17-15(18-19-16)13-6-3-4-8-20(13)10-12-9-11-5-1-2-7-14(11)22-12/h1-2,5,7,9,13H,3-4,6,8,10H2,(H2,17,18,19,21). The smallest absolute Gasteiger partial charge is 0.340 e. The van der Waals surface area contributed by atoms with Gasteiger partial charge in [0, 0.05) is 5.39 Å². The minimum Gasteiger partial charge on any atom is -0.460 e. The number of hydrogen-bond donors (Lipinski definition) is 2. The molecule has 0 spiro atoms. The van der Waals surface area contributed by atoms with Crippen LogP contribution in [0, 0.1) is 0 Å². The van der Waals surface area contributed by atoms with Gasteiger partial charge in [0.1, 0.15) is 17.2 Å². The summed E-state index contributed by atoms with van der Waals surface area (Å²) in [7, 11) is 0. The van der Waals surface area contributed by atoms with Crippen molar-refractivity contribution in [1.82, 2.24) is 20.1 Å². The molecule has 0 amide bonds. The van der Waals surface area contributed by atoms with Crippen molar-refractivity contribution in [2.45, 2.75) is 31.8 Å². The average Bonchev–Trinajstić information content (AvgIpc) is 3.13. The Balaban J connectivity index is 1.60. The van der Waals surface area contributed by atoms with Crippen molar-refractivity contribution in [3.05, 3.63) is 52.4 Å². The molecule has 1 atom stereocenters. The van der Waals surface area contributed by atoms with Crippen molar-refractivity contribution in [2.24, 2.45) is 0 Å². The number of aromatic nitrogens is 3. The Hall–Kier alpha value is -2.34. The predicted octanol–water partition coefficient (Wildman–Crippen LogP) is 2.57. The van der Waals surface area contributed by atoms with Crippen molar-refractivity contribution in [3.63, 3.8) is 0 Å². The lowest BCUT2D eigenvalue weighted by atomic mass is 10.0. The van der Waals surface area contributed by atoms with Gasteiger partial charge in [-0.25, -0.2) is 9.89 Å². The second-order valence-corrected chi connectivity index (χ2v) is 5.80. The molecule has 0 aliphatic carbocycles. The summed E-state index contributed by atoms with van der Waals surface area (Å²) in [5, 5.41) is 7.69. The Bertz CT molecular complexity index is 799. The molecule has 3 aromatic rings. The maximum atomic E-state index is 11.3. The van der Waals surface area contributed by atoms with Crippen LogP contribution in [0.15, 0.2) is 39.5 Å². The summed E-state index contributed by atoms with van der Waals surface area (Å²) >= 11 is 0. The van der Waals surface area contributed by atoms with Crippen molar-refractivity contribution < 1.29 is 4.42 Å². The molecule has 6 heteroatoms. The highest BCUT2D eigenvalue weighted by atomic mass is 16.3. The van der Waals surface area contributed by atoms with Gasteiger partial charge in [0.2, 0.25) is 0 Å². The highest BCUT2D eigenvalue weighted by Gasteiger charge is 2.27. The molecule has 0 radical (unpaired) electrons. The van der Waals surface area contributed by atoms with Crippen LogP contribution in [0.1, 0.15) is 36.9 Å². The Labute approximate surface area is 127 Å². The first-order valence-electron chi connectivity index (χ1n) is 7.66. The van der Waals surface area contributed by atoms with E-state index < -0.39 is 0 Å². The molecule has 6 nitrogen and oxygen atoms in total. The van der Waals surface area contributed by atoms with Gasteiger partial charge >= 0.3 is 5.69 Å². The lowest BCUT2D eigenvalue weighted by Crippen LogP contribution is -2.33. The molecule has 1 fully saturated rings. The SMILES string of the molecule is O=c1[nH]nc(C2CCCCN2Cc2cc3ccccc3o2)[nH]1. The monoisotopic (exact) mass is 298 g/mol. The third kappa shape index (κ3) is 2.46. The van der Waals surface area contributed by atoms with Gasteiger partial charge in [-0.1, -0.05) is 24.6 Å². The Morgan fingerprint density at radius 2 is 2.23 bits per heavy atom. The maximum absolute atomic E-state index is 11.3. The molecular weight excluding hydrogens is 280 g/mol. The van der Waals surface area contributed by atoms with Gasteiger partial charge in [0.25, 0.3) is 0 Å². The molecule has 1 aliphatic rings. The lowest BCUT2D eigenvalue weighted by Gasteiger charge is -2.33. The highest BCUT2D eigenvalue weighted by Crippen LogP contribution is 2.30. The molecule has 1 unspecified atom stereocenters. The molecule has 1 aromatic carbocycles. The molecule has 114 valence electrons. The number of nitrogens with zero attached hydrogens (tertiary/aromatic N) is 2. The van der Waals surface area contributed by atoms with Gasteiger partial charge in [-0.3, -0.25) is 9.88 Å². The van der Waals surface area contributed by atoms with Gasteiger partial charge in [0.05, 0.1) is 12.6 Å². The van der Waals surface area contributed by atoms with Crippen LogP contribution in [0.5, 0.6) is 0 Å². The van der Waals surface area contributed by atoms with Gasteiger partial charge in [-0.15, -0.1) is 0 Å². The average molecular weight is 298 g/mol. The van der Waals surface area contributed by atoms with Crippen LogP contribution in [-0.4, -0.2) is 26.6 Å². The fourth-order valence-corrected chi connectivity index (χ4v) is 3.25. The van der Waals surface area contributed by atoms with E-state index in [1.165, 1.54) is 0 Å². The van der Waals surface area contributed by atoms with Crippen LogP contribution in [0.3, 0.4) is 0 Å². The van der Waals surface area contributed by atoms with E-state index in [9.17, 15) is 4.79 Å². The van der Waals surface area contributed by atoms with E-state index >= 15 is 0 Å². The molecule has 3 heterocycles. The third-order valence-corrected chi connectivity index (χ3v) is 4.28. The minimum absolute atomic E-state index is 0.140. The number of rotatable bonds is 3. The fourth-order valence-electron chi connectivity index (χ4n) is 3.25. The predicted molar refractivity (Wildman–Crippen MR) is 82.4 cm³/mol. The Kier molecular flexibility index (Phi) is 3.31. The zero-order valence-electron chi connectivity index (χ0n) is 12.2. The van der Waals surface area contributed by atoms with Gasteiger partial charge in [0.15, 0.2) is 0 Å². The number of para-hydroxylation sites is 1. The molecule has 0 saturated carbocycles. The van der Waals surface area contributed by atoms with Crippen molar-refractivity contribution in [2.75, 3.05) is 6.54 Å². The van der Waals surface area contributed by atoms with Crippen LogP contribution in [0.2, 0.25) is 0 Å². The number of likely N-dealkylation sites (tertiary alicyclic amines) is 1. The van der Waals surface area contributed by atoms with Crippen molar-refractivity contribution >= 4 is 11.0 Å². The summed E-state index contributed by atoms with van der Waals surface area (Å²) < 4.78 is 5.92. The van der Waals surface area contributed by atoms with Crippen molar-refractivity contribution in [1.29, 1.82) is 0 Å². The summed E-state index contributed by atoms with van der Waals surface area (Å²) in [6, 6.07) is 10.3. The normalized spacial score (nSPS) is 19.7. The van der Waals surface area contributed by atoms with E-state index in [2.05, 4.69) is 32.2 Å². The third-order valence-electron chi connectivity index (χ3n) is 4.28. The van der Waals surface area contributed by atoms with Gasteiger partial charge < -0.3 is 4.42 Å². The summed E-state index contributed by atoms with van der Waals surface area (Å²) in [5.74, 6) is 1.67. The zero-order valence-corrected chi connectivity index (χ0v) is 12.2. The molecule has 2 N–H and O–H groups in total. The van der Waals surface area contributed by atoms with E-state index in [4.69, 9.17) is 4.42 Å². The topological polar surface area (TPSA) is 77.9 Å². The summed E-state index contributed by atoms with van der Waals surface area (Å²) in [6.45, 7) is 1.71. The second-order valence-electron chi connectivity index (χ2n) is 5.80. The molecule has 22 heavy (non-hydrogen) atoms. The van der Waals surface area contributed by atoms with Crippen LogP contribution in [0.25, 0.3) is 11.0 Å². The number of furan rings is 1. The fraction of sp³-hybridized carbons (Fsp3) is 0.375. The number of piperidine rings is 1. The first-order valence-corrected chi connectivity index (χ1v) is 7.66. The van der Waals surface area contributed by atoms with Crippen LogP contribution in [0.4, 0.5) is 0 Å². The number of fused-ring (bicyclic) bond motifs is 1. The van der Waals surface area contributed by atoms with E-state index in [1.807, 2.05) is 18.2 Å². The number of benzene rings is 1. The molecule has 4 rings (SSSR count). The van der Waals surface area contributed by atoms with E-state index in [-0.39, 0.29) is 11.7 Å². The van der Waals surface area contributed by atoms with Crippen LogP contribution in [-0.2, 0) is 6.54 Å². The van der Waals surface area contributed by atoms with E-state index in [0.717, 1.165) is 54.9 Å². The van der Waals surface area contributed by atoms with Gasteiger partial charge in [-0.2, -0.15) is 5.10 Å². The lowest BCUT2D eigenvalue weighted by molar-refractivity contribution is 0.125. The molecule has 1 aliphatic heterocycles. The first-order chi connectivity index (χ1) is 10.8. The largest absolute Gasteiger partial charge is 0.460 e. The molecule has 2 aromatic heterocycles. The quantitative estimate of drug-likeness (QED) is 0.779. The van der Waals surface area contributed by atoms with Crippen LogP contribution >= 0.6 is 0 Å². The Morgan fingerprint density at radius 1 is 1.32 bits per heavy atom. The molecular formula is C16H18N4O2. The van der Waals surface area contributed by atoms with Gasteiger partial charge in [-0.05, 0) is 31.5 Å². The summed E-state index contributed by atoms with van der Waals surface area (Å²) in [5.41, 5.74) is 0.670.